The van der Waals surface area contributed by atoms with Gasteiger partial charge in [-0.15, -0.1) is 0 Å². The molecule has 2 amide bonds. The number of aryl methyl sites for hydroxylation is 1. The number of rotatable bonds is 7. The van der Waals surface area contributed by atoms with Crippen molar-refractivity contribution in [3.63, 3.8) is 0 Å². The molecule has 3 N–H and O–H groups in total. The molecular formula is C21H27N3O4. The van der Waals surface area contributed by atoms with Gasteiger partial charge in [0.05, 0.1) is 6.54 Å². The summed E-state index contributed by atoms with van der Waals surface area (Å²) in [4.78, 5) is 37.5. The fourth-order valence-electron chi connectivity index (χ4n) is 4.21. The lowest BCUT2D eigenvalue weighted by atomic mass is 9.85. The highest BCUT2D eigenvalue weighted by atomic mass is 16.4. The summed E-state index contributed by atoms with van der Waals surface area (Å²) in [6, 6.07) is 5.53. The Morgan fingerprint density at radius 3 is 2.68 bits per heavy atom. The largest absolute Gasteiger partial charge is 0.480 e. The second-order valence-electron chi connectivity index (χ2n) is 8.34. The number of amides is 2. The van der Waals surface area contributed by atoms with Gasteiger partial charge in [0.15, 0.2) is 5.78 Å². The van der Waals surface area contributed by atoms with Crippen LogP contribution in [0.4, 0.5) is 10.5 Å². The fraction of sp³-hybridized carbons (Fsp3) is 0.571. The molecule has 2 fully saturated rings. The minimum Gasteiger partial charge on any atom is -0.480 e. The first-order valence-electron chi connectivity index (χ1n) is 10.2. The highest BCUT2D eigenvalue weighted by Crippen LogP contribution is 2.33. The molecule has 3 aliphatic carbocycles. The Hall–Kier alpha value is -2.41. The van der Waals surface area contributed by atoms with Crippen LogP contribution >= 0.6 is 0 Å². The number of nitrogens with zero attached hydrogens (tertiary/aromatic N) is 1. The zero-order valence-corrected chi connectivity index (χ0v) is 15.9. The molecule has 0 aliphatic heterocycles. The number of ketones is 1. The number of aliphatic carboxylic acids is 1. The van der Waals surface area contributed by atoms with Crippen LogP contribution in [0.25, 0.3) is 0 Å². The highest BCUT2D eigenvalue weighted by Gasteiger charge is 2.37. The van der Waals surface area contributed by atoms with Crippen molar-refractivity contribution < 1.29 is 19.5 Å². The average molecular weight is 385 g/mol. The molecule has 4 rings (SSSR count). The zero-order valence-electron chi connectivity index (χ0n) is 15.9. The lowest BCUT2D eigenvalue weighted by Crippen LogP contribution is -2.55. The van der Waals surface area contributed by atoms with Gasteiger partial charge in [-0.1, -0.05) is 6.07 Å². The number of Topliss-reactive ketones (excluding diaryl/α,β-unsaturated/α-hetero) is 1. The number of carboxylic acid groups (broad SMARTS) is 1. The Bertz CT molecular complexity index is 784. The van der Waals surface area contributed by atoms with E-state index in [1.165, 1.54) is 12.8 Å². The molecule has 0 unspecified atom stereocenters. The number of carbonyl (C=O) groups is 3. The van der Waals surface area contributed by atoms with Crippen LogP contribution < -0.4 is 10.6 Å². The second kappa shape index (κ2) is 7.91. The minimum atomic E-state index is -0.795. The van der Waals surface area contributed by atoms with Crippen molar-refractivity contribution in [3.8, 4) is 0 Å². The number of carboxylic acids is 1. The van der Waals surface area contributed by atoms with Crippen LogP contribution in [0.2, 0.25) is 0 Å². The Balaban J connectivity index is 1.26. The van der Waals surface area contributed by atoms with E-state index >= 15 is 0 Å². The minimum absolute atomic E-state index is 0.0553. The van der Waals surface area contributed by atoms with Gasteiger partial charge < -0.3 is 15.7 Å². The van der Waals surface area contributed by atoms with E-state index in [9.17, 15) is 14.4 Å². The smallest absolute Gasteiger partial charge is 0.319 e. The number of hydrogen-bond donors (Lipinski definition) is 3. The van der Waals surface area contributed by atoms with Crippen molar-refractivity contribution in [1.29, 1.82) is 0 Å². The Kier molecular flexibility index (Phi) is 5.35. The summed E-state index contributed by atoms with van der Waals surface area (Å²) < 4.78 is 0. The third kappa shape index (κ3) is 4.52. The third-order valence-electron chi connectivity index (χ3n) is 6.01. The zero-order chi connectivity index (χ0) is 19.7. The van der Waals surface area contributed by atoms with Crippen molar-refractivity contribution >= 4 is 23.5 Å². The van der Waals surface area contributed by atoms with Gasteiger partial charge in [0.2, 0.25) is 0 Å². The van der Waals surface area contributed by atoms with Crippen molar-refractivity contribution in [1.82, 2.24) is 10.2 Å². The van der Waals surface area contributed by atoms with Crippen molar-refractivity contribution in [2.24, 2.45) is 5.92 Å². The fourth-order valence-corrected chi connectivity index (χ4v) is 4.21. The number of fused-ring (bicyclic) bond motifs is 1. The van der Waals surface area contributed by atoms with Gasteiger partial charge >= 0.3 is 12.0 Å². The number of benzene rings is 1. The van der Waals surface area contributed by atoms with Crippen LogP contribution in [-0.2, 0) is 11.2 Å². The van der Waals surface area contributed by atoms with E-state index in [0.29, 0.717) is 18.0 Å². The molecule has 0 saturated heterocycles. The second-order valence-corrected chi connectivity index (χ2v) is 8.34. The predicted molar refractivity (Wildman–Crippen MR) is 105 cm³/mol. The summed E-state index contributed by atoms with van der Waals surface area (Å²) in [5, 5.41) is 14.9. The molecule has 0 radical (unpaired) electrons. The van der Waals surface area contributed by atoms with E-state index in [4.69, 9.17) is 5.11 Å². The summed E-state index contributed by atoms with van der Waals surface area (Å²) in [6.07, 6.45) is 6.30. The quantitative estimate of drug-likeness (QED) is 0.670. The molecule has 0 bridgehead atoms. The van der Waals surface area contributed by atoms with Gasteiger partial charge in [-0.2, -0.15) is 0 Å². The maximum atomic E-state index is 12.3. The van der Waals surface area contributed by atoms with Gasteiger partial charge in [0.25, 0.3) is 0 Å². The van der Waals surface area contributed by atoms with E-state index in [-0.39, 0.29) is 30.4 Å². The van der Waals surface area contributed by atoms with Gasteiger partial charge in [-0.05, 0) is 62.1 Å². The standard InChI is InChI=1S/C21H27N3O4/c25-19-3-1-2-14-6-7-15(10-18(14)19)22-21(28)23-16-8-17(9-16)24(12-20(26)27)11-13-4-5-13/h6-7,10,13,16-17H,1-5,8-9,11-12H2,(H,26,27)(H2,22,23,28). The Morgan fingerprint density at radius 1 is 1.18 bits per heavy atom. The molecule has 1 aromatic rings. The monoisotopic (exact) mass is 385 g/mol. The lowest BCUT2D eigenvalue weighted by molar-refractivity contribution is -0.139. The van der Waals surface area contributed by atoms with E-state index in [2.05, 4.69) is 10.6 Å². The number of anilines is 1. The number of hydrogen-bond acceptors (Lipinski definition) is 4. The Morgan fingerprint density at radius 2 is 1.96 bits per heavy atom. The van der Waals surface area contributed by atoms with Crippen molar-refractivity contribution in [2.75, 3.05) is 18.4 Å². The maximum Gasteiger partial charge on any atom is 0.319 e. The van der Waals surface area contributed by atoms with E-state index in [1.54, 1.807) is 6.07 Å². The molecule has 28 heavy (non-hydrogen) atoms. The van der Waals surface area contributed by atoms with E-state index in [1.807, 2.05) is 17.0 Å². The van der Waals surface area contributed by atoms with Gasteiger partial charge in [0.1, 0.15) is 0 Å². The van der Waals surface area contributed by atoms with Crippen LogP contribution in [0.3, 0.4) is 0 Å². The van der Waals surface area contributed by atoms with E-state index in [0.717, 1.165) is 43.4 Å². The summed E-state index contributed by atoms with van der Waals surface area (Å²) in [7, 11) is 0. The van der Waals surface area contributed by atoms with Gasteiger partial charge in [-0.25, -0.2) is 4.79 Å². The molecular weight excluding hydrogens is 358 g/mol. The van der Waals surface area contributed by atoms with Crippen LogP contribution in [-0.4, -0.2) is 53.0 Å². The van der Waals surface area contributed by atoms with E-state index < -0.39 is 5.97 Å². The first kappa shape index (κ1) is 18.9. The molecule has 7 nitrogen and oxygen atoms in total. The number of urea groups is 1. The first-order chi connectivity index (χ1) is 13.5. The van der Waals surface area contributed by atoms with Crippen LogP contribution in [0.1, 0.15) is 54.4 Å². The SMILES string of the molecule is O=C(O)CN(CC1CC1)C1CC(NC(=O)Nc2ccc3c(c2)C(=O)CCC3)C1. The predicted octanol–water partition coefficient (Wildman–Crippen LogP) is 2.65. The summed E-state index contributed by atoms with van der Waals surface area (Å²) in [5.74, 6) is -0.0144. The van der Waals surface area contributed by atoms with Crippen molar-refractivity contribution in [2.45, 2.75) is 57.0 Å². The van der Waals surface area contributed by atoms with Crippen LogP contribution in [0.5, 0.6) is 0 Å². The normalized spacial score (nSPS) is 23.7. The first-order valence-corrected chi connectivity index (χ1v) is 10.2. The summed E-state index contributed by atoms with van der Waals surface area (Å²) in [5.41, 5.74) is 2.40. The molecule has 0 atom stereocenters. The van der Waals surface area contributed by atoms with Crippen molar-refractivity contribution in [3.05, 3.63) is 29.3 Å². The third-order valence-corrected chi connectivity index (χ3v) is 6.01. The number of carbonyl (C=O) groups excluding carboxylic acids is 2. The molecule has 3 aliphatic rings. The Labute approximate surface area is 164 Å². The molecule has 150 valence electrons. The van der Waals surface area contributed by atoms with Crippen LogP contribution in [0, 0.1) is 5.92 Å². The van der Waals surface area contributed by atoms with Crippen LogP contribution in [0.15, 0.2) is 18.2 Å². The molecule has 0 heterocycles. The molecule has 0 aromatic heterocycles. The van der Waals surface area contributed by atoms with Gasteiger partial charge in [-0.3, -0.25) is 14.5 Å². The highest BCUT2D eigenvalue weighted by molar-refractivity contribution is 6.00. The maximum absolute atomic E-state index is 12.3. The lowest BCUT2D eigenvalue weighted by Gasteiger charge is -2.42. The average Bonchev–Trinajstić information content (AvgIpc) is 3.41. The summed E-state index contributed by atoms with van der Waals surface area (Å²) >= 11 is 0. The molecule has 1 aromatic carbocycles. The molecule has 7 heteroatoms. The molecule has 2 saturated carbocycles. The summed E-state index contributed by atoms with van der Waals surface area (Å²) in [6.45, 7) is 0.919. The topological polar surface area (TPSA) is 98.7 Å². The van der Waals surface area contributed by atoms with Gasteiger partial charge in [0, 0.05) is 36.3 Å². The number of nitrogens with one attached hydrogen (secondary N) is 2. The molecule has 0 spiro atoms.